The Hall–Kier alpha value is -1.98. The number of nitrogens with zero attached hydrogens (tertiary/aromatic N) is 3. The molecular weight excluding hydrogens is 282 g/mol. The smallest absolute Gasteiger partial charge is 0.322 e. The number of piperidine rings is 1. The summed E-state index contributed by atoms with van der Waals surface area (Å²) in [5, 5.41) is 18.1. The van der Waals surface area contributed by atoms with Crippen LogP contribution in [0.4, 0.5) is 0 Å². The number of aromatic nitrogens is 1. The summed E-state index contributed by atoms with van der Waals surface area (Å²) in [6.45, 7) is 0.138. The zero-order valence-corrected chi connectivity index (χ0v) is 11.4. The van der Waals surface area contributed by atoms with Crippen molar-refractivity contribution in [3.8, 4) is 6.07 Å². The second kappa shape index (κ2) is 5.56. The van der Waals surface area contributed by atoms with Gasteiger partial charge in [-0.25, -0.2) is 13.4 Å². The molecule has 1 aliphatic heterocycles. The molecule has 0 spiro atoms. The molecule has 1 saturated heterocycles. The fourth-order valence-corrected chi connectivity index (χ4v) is 3.99. The average molecular weight is 295 g/mol. The Labute approximate surface area is 116 Å². The average Bonchev–Trinajstić information content (AvgIpc) is 2.47. The van der Waals surface area contributed by atoms with Crippen molar-refractivity contribution < 1.29 is 18.3 Å². The zero-order valence-electron chi connectivity index (χ0n) is 10.6. The molecule has 0 bridgehead atoms. The van der Waals surface area contributed by atoms with Crippen LogP contribution in [0.1, 0.15) is 25.0 Å². The normalized spacial score (nSPS) is 20.2. The number of carboxylic acids is 1. The topological polar surface area (TPSA) is 111 Å². The van der Waals surface area contributed by atoms with Crippen molar-refractivity contribution in [2.75, 3.05) is 6.54 Å². The van der Waals surface area contributed by atoms with Crippen molar-refractivity contribution >= 4 is 16.0 Å². The number of aliphatic carboxylic acids is 1. The van der Waals surface area contributed by atoms with Crippen LogP contribution in [0.3, 0.4) is 0 Å². The first-order valence-corrected chi connectivity index (χ1v) is 7.52. The molecule has 1 fully saturated rings. The molecule has 7 nitrogen and oxygen atoms in total. The van der Waals surface area contributed by atoms with E-state index >= 15 is 0 Å². The summed E-state index contributed by atoms with van der Waals surface area (Å²) in [5.41, 5.74) is -0.220. The van der Waals surface area contributed by atoms with E-state index in [0.29, 0.717) is 12.8 Å². The van der Waals surface area contributed by atoms with E-state index in [1.165, 1.54) is 18.3 Å². The SMILES string of the molecule is N#Cc1ncccc1S(=O)(=O)N1CCCC[C@H]1C(=O)O. The minimum atomic E-state index is -4.03. The first-order chi connectivity index (χ1) is 9.48. The van der Waals surface area contributed by atoms with Crippen LogP contribution in [0.15, 0.2) is 23.2 Å². The van der Waals surface area contributed by atoms with E-state index in [2.05, 4.69) is 4.98 Å². The molecule has 0 radical (unpaired) electrons. The number of carbonyl (C=O) groups is 1. The van der Waals surface area contributed by atoms with Gasteiger partial charge in [-0.3, -0.25) is 4.79 Å². The van der Waals surface area contributed by atoms with E-state index in [-0.39, 0.29) is 23.6 Å². The fourth-order valence-electron chi connectivity index (χ4n) is 2.25. The number of pyridine rings is 1. The lowest BCUT2D eigenvalue weighted by atomic mass is 10.1. The molecule has 0 saturated carbocycles. The van der Waals surface area contributed by atoms with E-state index in [4.69, 9.17) is 10.4 Å². The quantitative estimate of drug-likeness (QED) is 0.873. The molecular formula is C12H13N3O4S. The molecule has 0 unspecified atom stereocenters. The summed E-state index contributed by atoms with van der Waals surface area (Å²) in [6, 6.07) is 3.32. The van der Waals surface area contributed by atoms with Crippen LogP contribution in [-0.4, -0.2) is 41.4 Å². The lowest BCUT2D eigenvalue weighted by Gasteiger charge is -2.31. The van der Waals surface area contributed by atoms with Gasteiger partial charge in [0.15, 0.2) is 5.69 Å². The molecule has 1 aromatic heterocycles. The third kappa shape index (κ3) is 2.50. The number of hydrogen-bond acceptors (Lipinski definition) is 5. The van der Waals surface area contributed by atoms with E-state index in [1.54, 1.807) is 6.07 Å². The van der Waals surface area contributed by atoms with Gasteiger partial charge in [0.05, 0.1) is 0 Å². The highest BCUT2D eigenvalue weighted by Gasteiger charge is 2.38. The van der Waals surface area contributed by atoms with Gasteiger partial charge in [-0.1, -0.05) is 0 Å². The molecule has 0 aromatic carbocycles. The van der Waals surface area contributed by atoms with Crippen LogP contribution < -0.4 is 0 Å². The maximum Gasteiger partial charge on any atom is 0.322 e. The predicted octanol–water partition coefficient (Wildman–Crippen LogP) is 0.581. The predicted molar refractivity (Wildman–Crippen MR) is 68.1 cm³/mol. The van der Waals surface area contributed by atoms with Gasteiger partial charge in [0.2, 0.25) is 10.0 Å². The van der Waals surface area contributed by atoms with E-state index in [0.717, 1.165) is 4.31 Å². The maximum absolute atomic E-state index is 12.6. The van der Waals surface area contributed by atoms with Crippen LogP contribution >= 0.6 is 0 Å². The molecule has 2 rings (SSSR count). The van der Waals surface area contributed by atoms with Gasteiger partial charge in [0, 0.05) is 12.7 Å². The molecule has 1 atom stereocenters. The van der Waals surface area contributed by atoms with Gasteiger partial charge in [-0.05, 0) is 31.4 Å². The molecule has 106 valence electrons. The van der Waals surface area contributed by atoms with Gasteiger partial charge in [0.25, 0.3) is 0 Å². The van der Waals surface area contributed by atoms with Crippen LogP contribution in [0, 0.1) is 11.3 Å². The van der Waals surface area contributed by atoms with Crippen molar-refractivity contribution in [2.45, 2.75) is 30.2 Å². The van der Waals surface area contributed by atoms with Crippen LogP contribution in [0.2, 0.25) is 0 Å². The van der Waals surface area contributed by atoms with Crippen molar-refractivity contribution in [3.05, 3.63) is 24.0 Å². The Balaban J connectivity index is 2.48. The summed E-state index contributed by atoms with van der Waals surface area (Å²) >= 11 is 0. The lowest BCUT2D eigenvalue weighted by molar-refractivity contribution is -0.142. The second-order valence-corrected chi connectivity index (χ2v) is 6.29. The fraction of sp³-hybridized carbons (Fsp3) is 0.417. The number of sulfonamides is 1. The number of hydrogen-bond donors (Lipinski definition) is 1. The summed E-state index contributed by atoms with van der Waals surface area (Å²) in [7, 11) is -4.03. The Bertz CT molecular complexity index is 666. The molecule has 20 heavy (non-hydrogen) atoms. The maximum atomic E-state index is 12.6. The number of rotatable bonds is 3. The highest BCUT2D eigenvalue weighted by atomic mass is 32.2. The van der Waals surface area contributed by atoms with Crippen molar-refractivity contribution in [1.29, 1.82) is 5.26 Å². The van der Waals surface area contributed by atoms with Crippen LogP contribution in [-0.2, 0) is 14.8 Å². The summed E-state index contributed by atoms with van der Waals surface area (Å²) in [4.78, 5) is 14.7. The molecule has 0 amide bonds. The summed E-state index contributed by atoms with van der Waals surface area (Å²) in [6.07, 6.45) is 2.87. The van der Waals surface area contributed by atoms with Crippen LogP contribution in [0.5, 0.6) is 0 Å². The largest absolute Gasteiger partial charge is 0.480 e. The third-order valence-electron chi connectivity index (χ3n) is 3.20. The van der Waals surface area contributed by atoms with Gasteiger partial charge in [-0.2, -0.15) is 9.57 Å². The van der Waals surface area contributed by atoms with Gasteiger partial charge in [-0.15, -0.1) is 0 Å². The first kappa shape index (κ1) is 14.4. The summed E-state index contributed by atoms with van der Waals surface area (Å²) in [5.74, 6) is -1.17. The van der Waals surface area contributed by atoms with E-state index < -0.39 is 22.0 Å². The third-order valence-corrected chi connectivity index (χ3v) is 5.14. The van der Waals surface area contributed by atoms with Gasteiger partial charge >= 0.3 is 5.97 Å². The van der Waals surface area contributed by atoms with Crippen molar-refractivity contribution in [2.24, 2.45) is 0 Å². The van der Waals surface area contributed by atoms with Gasteiger partial charge < -0.3 is 5.11 Å². The monoisotopic (exact) mass is 295 g/mol. The zero-order chi connectivity index (χ0) is 14.8. The standard InChI is InChI=1S/C12H13N3O4S/c13-8-9-11(5-3-6-14-9)20(18,19)15-7-2-1-4-10(15)12(16)17/h3,5-6,10H,1-2,4,7H2,(H,16,17)/t10-/m0/s1. The molecule has 8 heteroatoms. The highest BCUT2D eigenvalue weighted by Crippen LogP contribution is 2.26. The van der Waals surface area contributed by atoms with E-state index in [1.807, 2.05) is 0 Å². The second-order valence-electron chi connectivity index (χ2n) is 4.43. The Kier molecular flexibility index (Phi) is 4.01. The van der Waals surface area contributed by atoms with Crippen molar-refractivity contribution in [1.82, 2.24) is 9.29 Å². The summed E-state index contributed by atoms with van der Waals surface area (Å²) < 4.78 is 26.1. The van der Waals surface area contributed by atoms with E-state index in [9.17, 15) is 13.2 Å². The first-order valence-electron chi connectivity index (χ1n) is 6.08. The molecule has 2 heterocycles. The van der Waals surface area contributed by atoms with Crippen LogP contribution in [0.25, 0.3) is 0 Å². The number of carboxylic acid groups (broad SMARTS) is 1. The minimum Gasteiger partial charge on any atom is -0.480 e. The number of nitriles is 1. The molecule has 1 N–H and O–H groups in total. The Morgan fingerprint density at radius 3 is 2.90 bits per heavy atom. The van der Waals surface area contributed by atoms with Gasteiger partial charge in [0.1, 0.15) is 17.0 Å². The lowest BCUT2D eigenvalue weighted by Crippen LogP contribution is -2.48. The molecule has 1 aliphatic rings. The van der Waals surface area contributed by atoms with Crippen molar-refractivity contribution in [3.63, 3.8) is 0 Å². The minimum absolute atomic E-state index is 0.138. The highest BCUT2D eigenvalue weighted by molar-refractivity contribution is 7.89. The Morgan fingerprint density at radius 1 is 1.50 bits per heavy atom. The molecule has 1 aromatic rings. The molecule has 0 aliphatic carbocycles. The Morgan fingerprint density at radius 2 is 2.25 bits per heavy atom.